The van der Waals surface area contributed by atoms with Crippen molar-refractivity contribution in [3.8, 4) is 0 Å². The summed E-state index contributed by atoms with van der Waals surface area (Å²) < 4.78 is 2.23. The molecule has 1 saturated heterocycles. The summed E-state index contributed by atoms with van der Waals surface area (Å²) in [7, 11) is 0. The molecule has 6 nitrogen and oxygen atoms in total. The maximum atomic E-state index is 9.49. The van der Waals surface area contributed by atoms with Crippen molar-refractivity contribution in [1.29, 1.82) is 0 Å². The minimum absolute atomic E-state index is 0.00680. The zero-order valence-electron chi connectivity index (χ0n) is 15.7. The molecule has 2 heterocycles. The highest BCUT2D eigenvalue weighted by atomic mass is 16.3. The normalized spacial score (nSPS) is 28.5. The number of aliphatic hydroxyl groups is 1. The van der Waals surface area contributed by atoms with E-state index in [0.717, 1.165) is 17.6 Å². The number of likely N-dealkylation sites (tertiary alicyclic amines) is 1. The van der Waals surface area contributed by atoms with Crippen LogP contribution in [0.4, 0.5) is 0 Å². The first-order valence-electron chi connectivity index (χ1n) is 10.2. The molecule has 0 bridgehead atoms. The van der Waals surface area contributed by atoms with Gasteiger partial charge in [-0.3, -0.25) is 0 Å². The van der Waals surface area contributed by atoms with Crippen LogP contribution in [0.5, 0.6) is 0 Å². The Kier molecular flexibility index (Phi) is 5.11. The molecule has 3 fully saturated rings. The lowest BCUT2D eigenvalue weighted by Crippen LogP contribution is -2.50. The number of hydrogen-bond acceptors (Lipinski definition) is 5. The molecule has 0 radical (unpaired) electrons. The molecule has 2 saturated carbocycles. The van der Waals surface area contributed by atoms with Gasteiger partial charge in [-0.1, -0.05) is 13.8 Å². The van der Waals surface area contributed by atoms with Crippen molar-refractivity contribution in [1.82, 2.24) is 25.0 Å². The van der Waals surface area contributed by atoms with Gasteiger partial charge in [0.1, 0.15) is 12.4 Å². The lowest BCUT2D eigenvalue weighted by molar-refractivity contribution is 0.157. The largest absolute Gasteiger partial charge is 0.388 e. The fourth-order valence-electron chi connectivity index (χ4n) is 4.55. The summed E-state index contributed by atoms with van der Waals surface area (Å²) >= 11 is 0. The van der Waals surface area contributed by atoms with Gasteiger partial charge in [0, 0.05) is 30.6 Å². The second kappa shape index (κ2) is 7.33. The first-order chi connectivity index (χ1) is 12.1. The quantitative estimate of drug-likeness (QED) is 0.790. The minimum Gasteiger partial charge on any atom is -0.388 e. The number of piperidine rings is 1. The van der Waals surface area contributed by atoms with Crippen LogP contribution in [0.3, 0.4) is 0 Å². The number of aliphatic hydroxyl groups excluding tert-OH is 1. The predicted octanol–water partition coefficient (Wildman–Crippen LogP) is 2.06. The first-order valence-corrected chi connectivity index (χ1v) is 10.2. The smallest absolute Gasteiger partial charge is 0.159 e. The third-order valence-corrected chi connectivity index (χ3v) is 6.03. The molecule has 2 aliphatic carbocycles. The van der Waals surface area contributed by atoms with E-state index in [-0.39, 0.29) is 6.61 Å². The Morgan fingerprint density at radius 1 is 1.08 bits per heavy atom. The number of aromatic nitrogens is 3. The van der Waals surface area contributed by atoms with Crippen LogP contribution in [0.1, 0.15) is 76.0 Å². The lowest BCUT2D eigenvalue weighted by Gasteiger charge is -2.41. The maximum absolute atomic E-state index is 9.49. The van der Waals surface area contributed by atoms with Gasteiger partial charge in [-0.05, 0) is 57.5 Å². The standard InChI is InChI=1S/C19H33N5O/c1-13(2)11-23-7-5-15(6-8-23)20-16-9-14(10-16)19-22-21-18(12-25)24(19)17-3-4-17/h13-17,20,25H,3-12H2,1-2H3. The third-order valence-electron chi connectivity index (χ3n) is 6.03. The van der Waals surface area contributed by atoms with E-state index in [0.29, 0.717) is 24.0 Å². The molecule has 1 aromatic rings. The number of nitrogens with one attached hydrogen (secondary N) is 1. The molecule has 25 heavy (non-hydrogen) atoms. The van der Waals surface area contributed by atoms with Gasteiger partial charge in [0.25, 0.3) is 0 Å². The van der Waals surface area contributed by atoms with E-state index in [1.165, 1.54) is 58.2 Å². The molecule has 0 aromatic carbocycles. The SMILES string of the molecule is CC(C)CN1CCC(NC2CC(c3nnc(CO)n3C3CC3)C2)CC1. The third kappa shape index (κ3) is 3.91. The van der Waals surface area contributed by atoms with E-state index < -0.39 is 0 Å². The Hall–Kier alpha value is -0.980. The number of hydrogen-bond donors (Lipinski definition) is 2. The van der Waals surface area contributed by atoms with Gasteiger partial charge in [0.2, 0.25) is 0 Å². The van der Waals surface area contributed by atoms with Crippen molar-refractivity contribution < 1.29 is 5.11 Å². The summed E-state index contributed by atoms with van der Waals surface area (Å²) in [6.07, 6.45) is 7.31. The van der Waals surface area contributed by atoms with E-state index in [9.17, 15) is 5.11 Å². The van der Waals surface area contributed by atoms with Gasteiger partial charge < -0.3 is 19.9 Å². The van der Waals surface area contributed by atoms with Crippen LogP contribution in [-0.2, 0) is 6.61 Å². The van der Waals surface area contributed by atoms with E-state index in [1.54, 1.807) is 0 Å². The Labute approximate surface area is 151 Å². The zero-order chi connectivity index (χ0) is 17.4. The van der Waals surface area contributed by atoms with Gasteiger partial charge in [-0.2, -0.15) is 0 Å². The number of rotatable bonds is 7. The summed E-state index contributed by atoms with van der Waals surface area (Å²) in [5.74, 6) is 3.17. The summed E-state index contributed by atoms with van der Waals surface area (Å²) in [5.41, 5.74) is 0. The predicted molar refractivity (Wildman–Crippen MR) is 97.4 cm³/mol. The fourth-order valence-corrected chi connectivity index (χ4v) is 4.55. The van der Waals surface area contributed by atoms with Gasteiger partial charge in [-0.15, -0.1) is 10.2 Å². The summed E-state index contributed by atoms with van der Waals surface area (Å²) in [6.45, 7) is 8.33. The second-order valence-corrected chi connectivity index (χ2v) is 8.73. The van der Waals surface area contributed by atoms with Crippen LogP contribution in [0.15, 0.2) is 0 Å². The molecular weight excluding hydrogens is 314 g/mol. The minimum atomic E-state index is 0.00680. The molecular formula is C19H33N5O. The molecule has 6 heteroatoms. The van der Waals surface area contributed by atoms with Gasteiger partial charge in [0.05, 0.1) is 0 Å². The fraction of sp³-hybridized carbons (Fsp3) is 0.895. The van der Waals surface area contributed by atoms with Gasteiger partial charge in [0.15, 0.2) is 5.82 Å². The van der Waals surface area contributed by atoms with E-state index in [2.05, 4.69) is 38.8 Å². The molecule has 140 valence electrons. The van der Waals surface area contributed by atoms with Crippen LogP contribution in [-0.4, -0.2) is 56.5 Å². The van der Waals surface area contributed by atoms with Crippen LogP contribution in [0, 0.1) is 5.92 Å². The van der Waals surface area contributed by atoms with Crippen molar-refractivity contribution in [2.45, 2.75) is 83.0 Å². The van der Waals surface area contributed by atoms with Crippen molar-refractivity contribution in [3.05, 3.63) is 11.6 Å². The molecule has 0 atom stereocenters. The van der Waals surface area contributed by atoms with E-state index >= 15 is 0 Å². The summed E-state index contributed by atoms with van der Waals surface area (Å²) in [4.78, 5) is 2.61. The zero-order valence-corrected chi connectivity index (χ0v) is 15.7. The molecule has 0 spiro atoms. The van der Waals surface area contributed by atoms with Crippen molar-refractivity contribution in [2.24, 2.45) is 5.92 Å². The summed E-state index contributed by atoms with van der Waals surface area (Å²) in [5, 5.41) is 22.0. The Morgan fingerprint density at radius 2 is 1.80 bits per heavy atom. The highest BCUT2D eigenvalue weighted by Crippen LogP contribution is 2.43. The van der Waals surface area contributed by atoms with E-state index in [1.807, 2.05) is 0 Å². The van der Waals surface area contributed by atoms with Crippen molar-refractivity contribution >= 4 is 0 Å². The van der Waals surface area contributed by atoms with Crippen LogP contribution >= 0.6 is 0 Å². The first kappa shape index (κ1) is 17.4. The topological polar surface area (TPSA) is 66.2 Å². The molecule has 2 N–H and O–H groups in total. The maximum Gasteiger partial charge on any atom is 0.159 e. The van der Waals surface area contributed by atoms with Gasteiger partial charge >= 0.3 is 0 Å². The summed E-state index contributed by atoms with van der Waals surface area (Å²) in [6, 6.07) is 1.86. The van der Waals surface area contributed by atoms with Crippen molar-refractivity contribution in [2.75, 3.05) is 19.6 Å². The van der Waals surface area contributed by atoms with Crippen molar-refractivity contribution in [3.63, 3.8) is 0 Å². The molecule has 0 unspecified atom stereocenters. The molecule has 1 aliphatic heterocycles. The van der Waals surface area contributed by atoms with Crippen LogP contribution < -0.4 is 5.32 Å². The highest BCUT2D eigenvalue weighted by molar-refractivity contribution is 5.12. The van der Waals surface area contributed by atoms with Gasteiger partial charge in [-0.25, -0.2) is 0 Å². The Bertz CT molecular complexity index is 568. The molecule has 4 rings (SSSR count). The molecule has 1 aromatic heterocycles. The molecule has 3 aliphatic rings. The average Bonchev–Trinajstić information content (AvgIpc) is 3.31. The van der Waals surface area contributed by atoms with E-state index in [4.69, 9.17) is 0 Å². The molecule has 0 amide bonds. The Balaban J connectivity index is 1.24. The highest BCUT2D eigenvalue weighted by Gasteiger charge is 2.38. The Morgan fingerprint density at radius 3 is 2.40 bits per heavy atom. The van der Waals surface area contributed by atoms with Crippen LogP contribution in [0.25, 0.3) is 0 Å². The monoisotopic (exact) mass is 347 g/mol. The lowest BCUT2D eigenvalue weighted by atomic mass is 9.79. The number of nitrogens with zero attached hydrogens (tertiary/aromatic N) is 4. The second-order valence-electron chi connectivity index (χ2n) is 8.73. The average molecular weight is 348 g/mol. The van der Waals surface area contributed by atoms with Crippen LogP contribution in [0.2, 0.25) is 0 Å².